The number of nitro groups is 1. The van der Waals surface area contributed by atoms with Gasteiger partial charge in [-0.2, -0.15) is 0 Å². The zero-order chi connectivity index (χ0) is 15.2. The molecule has 21 heavy (non-hydrogen) atoms. The van der Waals surface area contributed by atoms with Crippen LogP contribution in [-0.4, -0.2) is 19.4 Å². The Labute approximate surface area is 122 Å². The molecule has 8 heteroatoms. The summed E-state index contributed by atoms with van der Waals surface area (Å²) in [6.45, 7) is 0. The fraction of sp³-hybridized carbons (Fsp3) is 0.538. The molecule has 114 valence electrons. The molecule has 2 aliphatic rings. The highest BCUT2D eigenvalue weighted by atomic mass is 32.2. The molecule has 0 radical (unpaired) electrons. The van der Waals surface area contributed by atoms with Gasteiger partial charge in [0.25, 0.3) is 5.69 Å². The summed E-state index contributed by atoms with van der Waals surface area (Å²) in [6.07, 6.45) is 4.19. The van der Waals surface area contributed by atoms with E-state index in [0.717, 1.165) is 31.7 Å². The molecule has 0 aromatic heterocycles. The van der Waals surface area contributed by atoms with Crippen LogP contribution in [-0.2, 0) is 10.0 Å². The minimum Gasteiger partial charge on any atom is -0.393 e. The van der Waals surface area contributed by atoms with Crippen LogP contribution >= 0.6 is 0 Å². The Kier molecular flexibility index (Phi) is 3.37. The third-order valence-electron chi connectivity index (χ3n) is 4.06. The fourth-order valence-corrected chi connectivity index (χ4v) is 3.98. The molecule has 2 fully saturated rings. The maximum absolute atomic E-state index is 12.4. The number of hydrogen-bond donors (Lipinski definition) is 2. The molecule has 0 aliphatic heterocycles. The van der Waals surface area contributed by atoms with Gasteiger partial charge in [-0.25, -0.2) is 13.1 Å². The van der Waals surface area contributed by atoms with Crippen molar-refractivity contribution < 1.29 is 13.3 Å². The van der Waals surface area contributed by atoms with Gasteiger partial charge in [0.1, 0.15) is 5.69 Å². The number of nitrogens with zero attached hydrogens (tertiary/aromatic N) is 1. The summed E-state index contributed by atoms with van der Waals surface area (Å²) in [7, 11) is -3.75. The predicted molar refractivity (Wildman–Crippen MR) is 77.1 cm³/mol. The SMILES string of the molecule is Nc1ccc(S(=O)(=O)NC(C2CC2)C2CC2)cc1[N+](=O)[O-]. The van der Waals surface area contributed by atoms with E-state index in [2.05, 4.69) is 4.72 Å². The van der Waals surface area contributed by atoms with E-state index >= 15 is 0 Å². The lowest BCUT2D eigenvalue weighted by atomic mass is 10.1. The Bertz CT molecular complexity index is 669. The summed E-state index contributed by atoms with van der Waals surface area (Å²) in [5.74, 6) is 0.826. The zero-order valence-corrected chi connectivity index (χ0v) is 12.2. The van der Waals surface area contributed by atoms with Gasteiger partial charge < -0.3 is 5.73 Å². The van der Waals surface area contributed by atoms with E-state index in [0.29, 0.717) is 11.8 Å². The molecule has 2 aliphatic carbocycles. The van der Waals surface area contributed by atoms with E-state index in [1.807, 2.05) is 0 Å². The van der Waals surface area contributed by atoms with E-state index in [-0.39, 0.29) is 22.3 Å². The molecular formula is C13H17N3O4S. The van der Waals surface area contributed by atoms with Crippen LogP contribution in [0.5, 0.6) is 0 Å². The van der Waals surface area contributed by atoms with Crippen molar-refractivity contribution in [3.05, 3.63) is 28.3 Å². The number of hydrogen-bond acceptors (Lipinski definition) is 5. The van der Waals surface area contributed by atoms with Crippen LogP contribution in [0.2, 0.25) is 0 Å². The smallest absolute Gasteiger partial charge is 0.293 e. The summed E-state index contributed by atoms with van der Waals surface area (Å²) >= 11 is 0. The van der Waals surface area contributed by atoms with Crippen LogP contribution in [0, 0.1) is 22.0 Å². The normalized spacial score (nSPS) is 18.9. The number of nitro benzene ring substituents is 1. The lowest BCUT2D eigenvalue weighted by Crippen LogP contribution is -2.38. The maximum atomic E-state index is 12.4. The number of rotatable bonds is 6. The second-order valence-electron chi connectivity index (χ2n) is 5.80. The van der Waals surface area contributed by atoms with Crippen molar-refractivity contribution in [3.8, 4) is 0 Å². The summed E-state index contributed by atoms with van der Waals surface area (Å²) in [5.41, 5.74) is 5.07. The molecule has 0 atom stereocenters. The van der Waals surface area contributed by atoms with Gasteiger partial charge >= 0.3 is 0 Å². The monoisotopic (exact) mass is 311 g/mol. The maximum Gasteiger partial charge on any atom is 0.293 e. The van der Waals surface area contributed by atoms with Crippen LogP contribution in [0.25, 0.3) is 0 Å². The molecule has 3 rings (SSSR count). The first-order chi connectivity index (χ1) is 9.88. The van der Waals surface area contributed by atoms with Crippen molar-refractivity contribution in [1.29, 1.82) is 0 Å². The summed E-state index contributed by atoms with van der Waals surface area (Å²) < 4.78 is 27.6. The Hall–Kier alpha value is -1.67. The van der Waals surface area contributed by atoms with Gasteiger partial charge in [-0.05, 0) is 49.7 Å². The van der Waals surface area contributed by atoms with Crippen LogP contribution in [0.3, 0.4) is 0 Å². The van der Waals surface area contributed by atoms with E-state index < -0.39 is 14.9 Å². The minimum absolute atomic E-state index is 0.0355. The largest absolute Gasteiger partial charge is 0.393 e. The molecule has 0 saturated heterocycles. The van der Waals surface area contributed by atoms with Gasteiger partial charge in [-0.3, -0.25) is 10.1 Å². The first kappa shape index (κ1) is 14.3. The zero-order valence-electron chi connectivity index (χ0n) is 11.4. The first-order valence-corrected chi connectivity index (χ1v) is 8.43. The van der Waals surface area contributed by atoms with Crippen molar-refractivity contribution in [3.63, 3.8) is 0 Å². The first-order valence-electron chi connectivity index (χ1n) is 6.95. The van der Waals surface area contributed by atoms with Gasteiger partial charge in [0.15, 0.2) is 0 Å². The van der Waals surface area contributed by atoms with Crippen molar-refractivity contribution in [1.82, 2.24) is 4.72 Å². The summed E-state index contributed by atoms with van der Waals surface area (Å²) in [5, 5.41) is 10.9. The quantitative estimate of drug-likeness (QED) is 0.471. The Morgan fingerprint density at radius 1 is 1.24 bits per heavy atom. The molecule has 0 spiro atoms. The highest BCUT2D eigenvalue weighted by molar-refractivity contribution is 7.89. The molecule has 0 bridgehead atoms. The second-order valence-corrected chi connectivity index (χ2v) is 7.51. The van der Waals surface area contributed by atoms with Crippen LogP contribution < -0.4 is 10.5 Å². The average molecular weight is 311 g/mol. The molecule has 7 nitrogen and oxygen atoms in total. The lowest BCUT2D eigenvalue weighted by Gasteiger charge is -2.17. The second kappa shape index (κ2) is 4.96. The molecular weight excluding hydrogens is 294 g/mol. The third kappa shape index (κ3) is 3.01. The van der Waals surface area contributed by atoms with Gasteiger partial charge in [-0.15, -0.1) is 0 Å². The standard InChI is InChI=1S/C13H17N3O4S/c14-11-6-5-10(7-12(11)16(17)18)21(19,20)15-13(8-1-2-8)9-3-4-9/h5-9,13,15H,1-4,14H2. The van der Waals surface area contributed by atoms with E-state index in [4.69, 9.17) is 5.73 Å². The molecule has 1 aromatic rings. The Balaban J connectivity index is 1.87. The molecule has 0 unspecified atom stereocenters. The number of nitrogens with two attached hydrogens (primary N) is 1. The molecule has 1 aromatic carbocycles. The Morgan fingerprint density at radius 2 is 1.81 bits per heavy atom. The van der Waals surface area contributed by atoms with E-state index in [9.17, 15) is 18.5 Å². The van der Waals surface area contributed by atoms with Crippen LogP contribution in [0.4, 0.5) is 11.4 Å². The van der Waals surface area contributed by atoms with Crippen LogP contribution in [0.1, 0.15) is 25.7 Å². The lowest BCUT2D eigenvalue weighted by molar-refractivity contribution is -0.384. The van der Waals surface area contributed by atoms with Crippen LogP contribution in [0.15, 0.2) is 23.1 Å². The fourth-order valence-electron chi connectivity index (χ4n) is 2.58. The third-order valence-corrected chi connectivity index (χ3v) is 5.52. The summed E-state index contributed by atoms with van der Waals surface area (Å²) in [4.78, 5) is 10.1. The average Bonchev–Trinajstić information content (AvgIpc) is 3.27. The highest BCUT2D eigenvalue weighted by Gasteiger charge is 2.43. The van der Waals surface area contributed by atoms with Gasteiger partial charge in [0.05, 0.1) is 9.82 Å². The van der Waals surface area contributed by atoms with Gasteiger partial charge in [-0.1, -0.05) is 0 Å². The molecule has 0 heterocycles. The van der Waals surface area contributed by atoms with Crippen molar-refractivity contribution in [2.24, 2.45) is 11.8 Å². The number of benzene rings is 1. The Morgan fingerprint density at radius 3 is 2.29 bits per heavy atom. The van der Waals surface area contributed by atoms with Gasteiger partial charge in [0.2, 0.25) is 10.0 Å². The van der Waals surface area contributed by atoms with Crippen molar-refractivity contribution in [2.75, 3.05) is 5.73 Å². The topological polar surface area (TPSA) is 115 Å². The minimum atomic E-state index is -3.75. The van der Waals surface area contributed by atoms with E-state index in [1.54, 1.807) is 0 Å². The number of nitrogens with one attached hydrogen (secondary N) is 1. The van der Waals surface area contributed by atoms with E-state index in [1.165, 1.54) is 12.1 Å². The van der Waals surface area contributed by atoms with Crippen molar-refractivity contribution >= 4 is 21.4 Å². The predicted octanol–water partition coefficient (Wildman–Crippen LogP) is 1.64. The van der Waals surface area contributed by atoms with Gasteiger partial charge in [0, 0.05) is 12.1 Å². The molecule has 0 amide bonds. The molecule has 3 N–H and O–H groups in total. The number of nitrogen functional groups attached to an aromatic ring is 1. The number of anilines is 1. The van der Waals surface area contributed by atoms with Crippen molar-refractivity contribution in [2.45, 2.75) is 36.6 Å². The summed E-state index contributed by atoms with van der Waals surface area (Å²) in [6, 6.07) is 3.55. The number of sulfonamides is 1. The molecule has 2 saturated carbocycles. The highest BCUT2D eigenvalue weighted by Crippen LogP contribution is 2.45.